The van der Waals surface area contributed by atoms with E-state index in [0.717, 1.165) is 5.69 Å². The lowest BCUT2D eigenvalue weighted by atomic mass is 10.2. The van der Waals surface area contributed by atoms with Crippen molar-refractivity contribution in [3.05, 3.63) is 11.9 Å². The van der Waals surface area contributed by atoms with Crippen LogP contribution in [0.3, 0.4) is 0 Å². The Labute approximate surface area is 225 Å². The standard InChI is InChI=1S/C24H47N5O9/c1-24(2,3)38-23(30)26-4-6-31-8-10-33-12-14-35-16-18-37-19-17-36-15-13-34-11-9-32-7-5-29-21-22(20-25)27-28-29/h21H,4-20,25H2,1-3H3,(H,26,30). The largest absolute Gasteiger partial charge is 0.444 e. The minimum absolute atomic E-state index is 0.382. The Morgan fingerprint density at radius 2 is 1.18 bits per heavy atom. The normalized spacial score (nSPS) is 11.7. The van der Waals surface area contributed by atoms with Gasteiger partial charge in [-0.1, -0.05) is 5.21 Å². The summed E-state index contributed by atoms with van der Waals surface area (Å²) in [5.41, 5.74) is 5.74. The SMILES string of the molecule is CC(C)(C)OC(=O)NCCOCCOCCOCCOCCOCCOCCOCCn1cc(CN)nn1. The first-order valence-corrected chi connectivity index (χ1v) is 13.0. The van der Waals surface area contributed by atoms with Crippen molar-refractivity contribution < 1.29 is 42.7 Å². The predicted molar refractivity (Wildman–Crippen MR) is 138 cm³/mol. The Morgan fingerprint density at radius 3 is 1.58 bits per heavy atom. The summed E-state index contributed by atoms with van der Waals surface area (Å²) in [7, 11) is 0. The third-order valence-corrected chi connectivity index (χ3v) is 4.41. The first kappa shape index (κ1) is 34.1. The van der Waals surface area contributed by atoms with Crippen LogP contribution >= 0.6 is 0 Å². The number of ether oxygens (including phenoxy) is 8. The summed E-state index contributed by atoms with van der Waals surface area (Å²) >= 11 is 0. The van der Waals surface area contributed by atoms with Crippen LogP contribution in [0.15, 0.2) is 6.20 Å². The summed E-state index contributed by atoms with van der Waals surface area (Å²) in [6.07, 6.45) is 1.36. The van der Waals surface area contributed by atoms with Crippen molar-refractivity contribution >= 4 is 6.09 Å². The van der Waals surface area contributed by atoms with Gasteiger partial charge in [0.1, 0.15) is 5.60 Å². The summed E-state index contributed by atoms with van der Waals surface area (Å²) in [6, 6.07) is 0. The van der Waals surface area contributed by atoms with Crippen molar-refractivity contribution in [1.29, 1.82) is 0 Å². The monoisotopic (exact) mass is 549 g/mol. The average molecular weight is 550 g/mol. The molecule has 0 aliphatic heterocycles. The molecule has 1 rings (SSSR count). The van der Waals surface area contributed by atoms with Crippen LogP contribution in [0.25, 0.3) is 0 Å². The molecule has 0 spiro atoms. The summed E-state index contributed by atoms with van der Waals surface area (Å²) in [5, 5.41) is 10.5. The van der Waals surface area contributed by atoms with E-state index >= 15 is 0 Å². The lowest BCUT2D eigenvalue weighted by molar-refractivity contribution is -0.0207. The zero-order valence-electron chi connectivity index (χ0n) is 23.2. The number of rotatable bonds is 25. The van der Waals surface area contributed by atoms with E-state index < -0.39 is 11.7 Å². The number of carbonyl (C=O) groups is 1. The molecule has 3 N–H and O–H groups in total. The highest BCUT2D eigenvalue weighted by atomic mass is 16.6. The van der Waals surface area contributed by atoms with Gasteiger partial charge in [0.2, 0.25) is 0 Å². The van der Waals surface area contributed by atoms with Gasteiger partial charge in [-0.05, 0) is 20.8 Å². The van der Waals surface area contributed by atoms with Crippen LogP contribution < -0.4 is 11.1 Å². The van der Waals surface area contributed by atoms with Crippen molar-refractivity contribution in [2.45, 2.75) is 39.5 Å². The first-order valence-electron chi connectivity index (χ1n) is 13.0. The molecule has 38 heavy (non-hydrogen) atoms. The van der Waals surface area contributed by atoms with Crippen LogP contribution in [-0.2, 0) is 51.0 Å². The van der Waals surface area contributed by atoms with Gasteiger partial charge in [0, 0.05) is 19.3 Å². The quantitative estimate of drug-likeness (QED) is 0.162. The molecular weight excluding hydrogens is 502 g/mol. The number of nitrogens with zero attached hydrogens (tertiary/aromatic N) is 3. The highest BCUT2D eigenvalue weighted by Gasteiger charge is 2.15. The molecule has 0 unspecified atom stereocenters. The third-order valence-electron chi connectivity index (χ3n) is 4.41. The minimum Gasteiger partial charge on any atom is -0.444 e. The van der Waals surface area contributed by atoms with Gasteiger partial charge in [-0.25, -0.2) is 9.48 Å². The van der Waals surface area contributed by atoms with Crippen molar-refractivity contribution in [3.8, 4) is 0 Å². The summed E-state index contributed by atoms with van der Waals surface area (Å²) in [5.74, 6) is 0. The number of hydrogen-bond acceptors (Lipinski definition) is 12. The molecule has 0 aliphatic carbocycles. The number of alkyl carbamates (subject to hydrolysis) is 1. The Kier molecular flexibility index (Phi) is 20.7. The average Bonchev–Trinajstić information content (AvgIpc) is 3.33. The molecule has 0 bridgehead atoms. The molecule has 0 saturated heterocycles. The molecule has 0 fully saturated rings. The topological polar surface area (TPSA) is 160 Å². The molecular formula is C24H47N5O9. The van der Waals surface area contributed by atoms with Crippen molar-refractivity contribution in [3.63, 3.8) is 0 Å². The first-order chi connectivity index (χ1) is 18.4. The number of hydrogen-bond donors (Lipinski definition) is 2. The van der Waals surface area contributed by atoms with Gasteiger partial charge >= 0.3 is 6.09 Å². The number of nitrogens with one attached hydrogen (secondary N) is 1. The Morgan fingerprint density at radius 1 is 0.763 bits per heavy atom. The fraction of sp³-hybridized carbons (Fsp3) is 0.875. The molecule has 0 aliphatic rings. The number of nitrogens with two attached hydrogens (primary N) is 1. The third kappa shape index (κ3) is 22.1. The predicted octanol–water partition coefficient (Wildman–Crippen LogP) is 0.378. The van der Waals surface area contributed by atoms with Gasteiger partial charge in [-0.15, -0.1) is 5.10 Å². The molecule has 14 nitrogen and oxygen atoms in total. The van der Waals surface area contributed by atoms with E-state index in [1.165, 1.54) is 0 Å². The molecule has 1 aromatic rings. The maximum Gasteiger partial charge on any atom is 0.407 e. The lowest BCUT2D eigenvalue weighted by Gasteiger charge is -2.19. The van der Waals surface area contributed by atoms with Crippen LogP contribution in [0, 0.1) is 0 Å². The van der Waals surface area contributed by atoms with Crippen LogP contribution in [0.1, 0.15) is 26.5 Å². The van der Waals surface area contributed by atoms with Crippen molar-refractivity contribution in [1.82, 2.24) is 20.3 Å². The molecule has 1 aromatic heterocycles. The van der Waals surface area contributed by atoms with Gasteiger partial charge in [0.15, 0.2) is 0 Å². The highest BCUT2D eigenvalue weighted by Crippen LogP contribution is 2.06. The number of carbonyl (C=O) groups excluding carboxylic acids is 1. The van der Waals surface area contributed by atoms with Gasteiger partial charge < -0.3 is 48.9 Å². The Hall–Kier alpha value is -1.91. The molecule has 0 saturated carbocycles. The zero-order valence-corrected chi connectivity index (χ0v) is 23.2. The zero-order chi connectivity index (χ0) is 27.7. The maximum atomic E-state index is 11.5. The minimum atomic E-state index is -0.508. The molecule has 1 heterocycles. The number of amides is 1. The van der Waals surface area contributed by atoms with E-state index in [-0.39, 0.29) is 0 Å². The van der Waals surface area contributed by atoms with E-state index in [2.05, 4.69) is 15.6 Å². The van der Waals surface area contributed by atoms with Crippen molar-refractivity contribution in [2.75, 3.05) is 99.0 Å². The van der Waals surface area contributed by atoms with Crippen molar-refractivity contribution in [2.24, 2.45) is 5.73 Å². The van der Waals surface area contributed by atoms with Gasteiger partial charge in [-0.2, -0.15) is 0 Å². The van der Waals surface area contributed by atoms with Crippen LogP contribution in [-0.4, -0.2) is 126 Å². The summed E-state index contributed by atoms with van der Waals surface area (Å²) in [6.45, 7) is 13.6. The van der Waals surface area contributed by atoms with Gasteiger partial charge in [0.05, 0.1) is 105 Å². The van der Waals surface area contributed by atoms with E-state index in [1.54, 1.807) is 4.68 Å². The van der Waals surface area contributed by atoms with E-state index in [9.17, 15) is 4.79 Å². The lowest BCUT2D eigenvalue weighted by Crippen LogP contribution is -2.34. The molecule has 0 atom stereocenters. The second-order valence-corrected chi connectivity index (χ2v) is 8.89. The van der Waals surface area contributed by atoms with Gasteiger partial charge in [0.25, 0.3) is 0 Å². The maximum absolute atomic E-state index is 11.5. The Bertz CT molecular complexity index is 688. The Balaban J connectivity index is 1.68. The second-order valence-electron chi connectivity index (χ2n) is 8.89. The molecule has 222 valence electrons. The smallest absolute Gasteiger partial charge is 0.407 e. The number of aromatic nitrogens is 3. The fourth-order valence-electron chi connectivity index (χ4n) is 2.66. The van der Waals surface area contributed by atoms with E-state index in [1.807, 2.05) is 27.0 Å². The molecule has 14 heteroatoms. The van der Waals surface area contributed by atoms with Crippen LogP contribution in [0.5, 0.6) is 0 Å². The van der Waals surface area contributed by atoms with E-state index in [0.29, 0.717) is 112 Å². The van der Waals surface area contributed by atoms with E-state index in [4.69, 9.17) is 43.6 Å². The van der Waals surface area contributed by atoms with Crippen LogP contribution in [0.2, 0.25) is 0 Å². The second kappa shape index (κ2) is 23.0. The molecule has 1 amide bonds. The summed E-state index contributed by atoms with van der Waals surface area (Å²) < 4.78 is 44.9. The fourth-order valence-corrected chi connectivity index (χ4v) is 2.66. The van der Waals surface area contributed by atoms with Crippen LogP contribution in [0.4, 0.5) is 4.79 Å². The molecule has 0 radical (unpaired) electrons. The molecule has 0 aromatic carbocycles. The summed E-state index contributed by atoms with van der Waals surface area (Å²) in [4.78, 5) is 11.5. The van der Waals surface area contributed by atoms with Gasteiger partial charge in [-0.3, -0.25) is 0 Å². The highest BCUT2D eigenvalue weighted by molar-refractivity contribution is 5.67.